The Balaban J connectivity index is 0.000000144. The molecule has 87 heavy (non-hydrogen) atoms. The lowest BCUT2D eigenvalue weighted by atomic mass is 10.1. The fourth-order valence-electron chi connectivity index (χ4n) is 9.51. The average Bonchev–Trinajstić information content (AvgIpc) is 2.36. The smallest absolute Gasteiger partial charge is 0.410 e. The molecule has 6 N–H and O–H groups in total. The van der Waals surface area contributed by atoms with Crippen LogP contribution in [0.25, 0.3) is 51.5 Å². The van der Waals surface area contributed by atoms with Crippen LogP contribution in [0, 0.1) is 34.9 Å². The third-order valence-electron chi connectivity index (χ3n) is 13.5. The molecule has 0 aliphatic carbocycles. The zero-order valence-electron chi connectivity index (χ0n) is 48.6. The summed E-state index contributed by atoms with van der Waals surface area (Å²) in [5.41, 5.74) is 6.82. The van der Waals surface area contributed by atoms with Crippen molar-refractivity contribution in [3.05, 3.63) is 137 Å². The van der Waals surface area contributed by atoms with E-state index in [2.05, 4.69) is 60.8 Å². The number of ether oxygens (including phenoxy) is 2. The number of hydrogen-bond acceptors (Lipinski definition) is 17. The Labute approximate surface area is 494 Å². The van der Waals surface area contributed by atoms with Crippen molar-refractivity contribution in [2.45, 2.75) is 109 Å². The van der Waals surface area contributed by atoms with Crippen LogP contribution in [0.1, 0.15) is 80.1 Å². The second-order valence-electron chi connectivity index (χ2n) is 22.8. The normalized spacial score (nSPS) is 17.1. The van der Waals surface area contributed by atoms with Gasteiger partial charge in [0.05, 0.1) is 37.2 Å². The summed E-state index contributed by atoms with van der Waals surface area (Å²) in [6, 6.07) is 8.53. The molecule has 12 rings (SSSR count). The molecule has 0 unspecified atom stereocenters. The van der Waals surface area contributed by atoms with E-state index in [9.17, 15) is 40.7 Å². The molecule has 0 aromatic carbocycles. The number of rotatable bonds is 7. The number of pyridine rings is 3. The number of aromatic nitrogens is 12. The third kappa shape index (κ3) is 16.4. The largest absolute Gasteiger partial charge is 0.444 e. The lowest BCUT2D eigenvalue weighted by Crippen LogP contribution is -2.47. The molecule has 9 aromatic heterocycles. The van der Waals surface area contributed by atoms with Crippen molar-refractivity contribution in [1.82, 2.24) is 73.2 Å². The van der Waals surface area contributed by atoms with Crippen molar-refractivity contribution in [2.24, 2.45) is 5.73 Å². The minimum absolute atomic E-state index is 0.0207. The first-order chi connectivity index (χ1) is 41.4. The summed E-state index contributed by atoms with van der Waals surface area (Å²) in [4.78, 5) is 73.6. The number of carbonyl (C=O) groups excluding carboxylic acids is 2. The van der Waals surface area contributed by atoms with Gasteiger partial charge in [0, 0.05) is 69.4 Å². The Morgan fingerprint density at radius 2 is 1.01 bits per heavy atom. The number of nitrogens with zero attached hydrogens (tertiary/aromatic N) is 13. The fourth-order valence-corrected chi connectivity index (χ4v) is 9.51. The molecule has 3 aliphatic heterocycles. The number of fused-ring (bicyclic) bond motifs is 3. The monoisotopic (exact) mass is 1210 g/mol. The van der Waals surface area contributed by atoms with Crippen LogP contribution in [-0.4, -0.2) is 149 Å². The highest BCUT2D eigenvalue weighted by Crippen LogP contribution is 2.26. The molecule has 3 atom stereocenters. The van der Waals surface area contributed by atoms with E-state index in [1.54, 1.807) is 26.5 Å². The van der Waals surface area contributed by atoms with Crippen LogP contribution in [-0.2, 0) is 9.47 Å². The van der Waals surface area contributed by atoms with Crippen LogP contribution in [0.2, 0.25) is 0 Å². The predicted octanol–water partition coefficient (Wildman–Crippen LogP) is 8.82. The average molecular weight is 1210 g/mol. The van der Waals surface area contributed by atoms with Crippen LogP contribution >= 0.6 is 0 Å². The molecule has 2 amide bonds. The van der Waals surface area contributed by atoms with Crippen LogP contribution in [0.5, 0.6) is 0 Å². The SMILES string of the molecule is CC(C)(C)OC(=O)N1CCC[C@@H](N)C1.CC(C)(C)OC(=O)N1CCC[C@@H](Nc2nc(-c3cnc4ccc(F)cn34)ncc2F)C1.Fc1ccc2ncc(-c3ncc(F)c(N[C@@H]4CCCNC4)n3)n2c1.O=c1[nH]c(-c2cnc3ccc(F)cn23)ncc1F. The van der Waals surface area contributed by atoms with Crippen molar-refractivity contribution in [3.63, 3.8) is 0 Å². The third-order valence-corrected chi connectivity index (χ3v) is 13.5. The maximum Gasteiger partial charge on any atom is 0.410 e. The lowest BCUT2D eigenvalue weighted by Gasteiger charge is -2.34. The van der Waals surface area contributed by atoms with Crippen LogP contribution in [0.4, 0.5) is 47.6 Å². The van der Waals surface area contributed by atoms with Gasteiger partial charge >= 0.3 is 12.2 Å². The van der Waals surface area contributed by atoms with E-state index in [0.717, 1.165) is 76.7 Å². The molecule has 3 fully saturated rings. The van der Waals surface area contributed by atoms with Gasteiger partial charge < -0.3 is 45.9 Å². The van der Waals surface area contributed by atoms with E-state index in [1.807, 2.05) is 41.5 Å². The fraction of sp³-hybridized carbons (Fsp3) is 0.397. The molecule has 460 valence electrons. The van der Waals surface area contributed by atoms with Gasteiger partial charge in [0.1, 0.15) is 62.7 Å². The van der Waals surface area contributed by atoms with Gasteiger partial charge in [-0.2, -0.15) is 4.39 Å². The number of aromatic amines is 1. The highest BCUT2D eigenvalue weighted by atomic mass is 19.1. The Kier molecular flexibility index (Phi) is 19.3. The number of anilines is 2. The number of carbonyl (C=O) groups is 2. The number of hydrogen-bond donors (Lipinski definition) is 5. The van der Waals surface area contributed by atoms with Gasteiger partial charge in [0.15, 0.2) is 40.7 Å². The molecule has 3 aliphatic rings. The second kappa shape index (κ2) is 27.0. The van der Waals surface area contributed by atoms with E-state index >= 15 is 0 Å². The van der Waals surface area contributed by atoms with Gasteiger partial charge in [-0.25, -0.2) is 71.4 Å². The van der Waals surface area contributed by atoms with Gasteiger partial charge in [0.2, 0.25) is 5.82 Å². The summed E-state index contributed by atoms with van der Waals surface area (Å²) < 4.78 is 96.8. The molecule has 3 saturated heterocycles. The maximum atomic E-state index is 14.4. The molecule has 0 radical (unpaired) electrons. The van der Waals surface area contributed by atoms with Crippen molar-refractivity contribution >= 4 is 40.8 Å². The molecular weight excluding hydrogens is 1140 g/mol. The van der Waals surface area contributed by atoms with Gasteiger partial charge in [-0.3, -0.25) is 18.0 Å². The standard InChI is InChI=1S/C21H24F2N6O2.C16H16F2N6.C11H6F2N4O.C10H20N2O2/c1-21(2,3)31-20(30)28-8-4-5-14(12-28)26-18-15(23)9-25-19(27-18)16-10-24-17-7-6-13(22)11-29(16)17;17-10-3-4-14-20-8-13(24(14)9-10)16-21-7-12(18)15(23-16)22-11-2-1-5-19-6-11;12-6-1-2-9-14-4-8(17(9)5-6)10-15-3-7(13)11(18)16-10;1-10(2,3)14-9(13)12-6-4-5-8(11)7-12/h6-7,9-11,14H,4-5,8,12H2,1-3H3,(H,25,26,27);3-4,7-9,11,19H,1-2,5-6H2,(H,21,22,23);1-5H,(H,15,16,18);8H,4-7,11H2,1-3H3/t14-;11-;;8-/m11.1/s1. The Morgan fingerprint density at radius 1 is 0.563 bits per heavy atom. The quantitative estimate of drug-likeness (QED) is 0.0933. The number of likely N-dealkylation sites (tertiary alicyclic amines) is 2. The molecule has 29 heteroatoms. The van der Waals surface area contributed by atoms with E-state index in [-0.39, 0.29) is 47.5 Å². The summed E-state index contributed by atoms with van der Waals surface area (Å²) in [5.74, 6) is -2.57. The number of H-pyrrole nitrogens is 1. The van der Waals surface area contributed by atoms with Crippen LogP contribution in [0.15, 0.2) is 97.0 Å². The number of amides is 2. The Bertz CT molecular complexity index is 3930. The second-order valence-corrected chi connectivity index (χ2v) is 22.8. The van der Waals surface area contributed by atoms with Gasteiger partial charge in [-0.05, 0) is 123 Å². The highest BCUT2D eigenvalue weighted by molar-refractivity contribution is 5.69. The van der Waals surface area contributed by atoms with E-state index < -0.39 is 57.8 Å². The van der Waals surface area contributed by atoms with Crippen molar-refractivity contribution in [1.29, 1.82) is 0 Å². The first kappa shape index (κ1) is 62.3. The minimum atomic E-state index is -0.973. The molecule has 9 aromatic rings. The molecule has 0 saturated carbocycles. The van der Waals surface area contributed by atoms with Crippen LogP contribution < -0.4 is 27.2 Å². The van der Waals surface area contributed by atoms with Gasteiger partial charge in [-0.1, -0.05) is 0 Å². The molecular formula is C58H66F6N18O5. The minimum Gasteiger partial charge on any atom is -0.444 e. The molecule has 0 bridgehead atoms. The first-order valence-corrected chi connectivity index (χ1v) is 28.1. The Morgan fingerprint density at radius 3 is 1.48 bits per heavy atom. The maximum absolute atomic E-state index is 14.4. The van der Waals surface area contributed by atoms with Crippen LogP contribution in [0.3, 0.4) is 0 Å². The molecule has 12 heterocycles. The number of nitrogens with one attached hydrogen (secondary N) is 4. The van der Waals surface area contributed by atoms with Crippen molar-refractivity contribution in [2.75, 3.05) is 49.9 Å². The first-order valence-electron chi connectivity index (χ1n) is 28.1. The number of nitrogens with two attached hydrogens (primary N) is 1. The molecule has 23 nitrogen and oxygen atoms in total. The van der Waals surface area contributed by atoms with E-state index in [0.29, 0.717) is 59.5 Å². The molecule has 0 spiro atoms. The topological polar surface area (TPSA) is 270 Å². The predicted molar refractivity (Wildman–Crippen MR) is 310 cm³/mol. The zero-order valence-corrected chi connectivity index (χ0v) is 48.6. The highest BCUT2D eigenvalue weighted by Gasteiger charge is 2.30. The summed E-state index contributed by atoms with van der Waals surface area (Å²) >= 11 is 0. The summed E-state index contributed by atoms with van der Waals surface area (Å²) in [6.45, 7) is 15.1. The van der Waals surface area contributed by atoms with Gasteiger partial charge in [0.25, 0.3) is 5.56 Å². The number of imidazole rings is 3. The van der Waals surface area contributed by atoms with Crippen molar-refractivity contribution < 1.29 is 45.4 Å². The number of piperidine rings is 3. The van der Waals surface area contributed by atoms with Crippen molar-refractivity contribution in [3.8, 4) is 34.6 Å². The lowest BCUT2D eigenvalue weighted by molar-refractivity contribution is 0.0193. The summed E-state index contributed by atoms with van der Waals surface area (Å²) in [7, 11) is 0. The summed E-state index contributed by atoms with van der Waals surface area (Å²) in [6.07, 6.45) is 16.1. The van der Waals surface area contributed by atoms with Gasteiger partial charge in [-0.15, -0.1) is 0 Å². The van der Waals surface area contributed by atoms with E-state index in [1.165, 1.54) is 70.1 Å². The Hall–Kier alpha value is -9.25. The van der Waals surface area contributed by atoms with E-state index in [4.69, 9.17) is 15.2 Å². The zero-order chi connectivity index (χ0) is 62.2. The number of halogens is 6. The summed E-state index contributed by atoms with van der Waals surface area (Å²) in [5, 5.41) is 9.46.